The third-order valence-electron chi connectivity index (χ3n) is 5.36. The van der Waals surface area contributed by atoms with E-state index in [1.54, 1.807) is 24.3 Å². The van der Waals surface area contributed by atoms with E-state index in [9.17, 15) is 13.2 Å². The molecule has 0 aromatic heterocycles. The van der Waals surface area contributed by atoms with Crippen LogP contribution in [0.25, 0.3) is 0 Å². The van der Waals surface area contributed by atoms with Crippen LogP contribution in [0.1, 0.15) is 49.4 Å². The van der Waals surface area contributed by atoms with Crippen LogP contribution in [0.4, 0.5) is 5.69 Å². The highest BCUT2D eigenvalue weighted by molar-refractivity contribution is 7.93. The van der Waals surface area contributed by atoms with Gasteiger partial charge in [0.05, 0.1) is 11.4 Å². The van der Waals surface area contributed by atoms with Crippen molar-refractivity contribution in [3.8, 4) is 0 Å². The van der Waals surface area contributed by atoms with Crippen molar-refractivity contribution in [3.63, 3.8) is 0 Å². The predicted octanol–water partition coefficient (Wildman–Crippen LogP) is 2.22. The van der Waals surface area contributed by atoms with Crippen molar-refractivity contribution < 1.29 is 13.2 Å². The van der Waals surface area contributed by atoms with Gasteiger partial charge in [-0.25, -0.2) is 8.42 Å². The summed E-state index contributed by atoms with van der Waals surface area (Å²) in [4.78, 5) is 14.8. The van der Waals surface area contributed by atoms with E-state index < -0.39 is 10.0 Å². The maximum atomic E-state index is 12.3. The number of carbonyl (C=O) groups is 1. The van der Waals surface area contributed by atoms with E-state index in [1.165, 1.54) is 23.6 Å². The van der Waals surface area contributed by atoms with E-state index in [0.29, 0.717) is 36.8 Å². The lowest BCUT2D eigenvalue weighted by molar-refractivity contribution is 0.0949. The molecule has 0 aliphatic carbocycles. The Balaban J connectivity index is 1.46. The molecule has 0 radical (unpaired) electrons. The van der Waals surface area contributed by atoms with Crippen LogP contribution in [0.15, 0.2) is 24.3 Å². The van der Waals surface area contributed by atoms with Crippen molar-refractivity contribution >= 4 is 21.6 Å². The Morgan fingerprint density at radius 2 is 1.92 bits per heavy atom. The normalized spacial score (nSPS) is 23.1. The second-order valence-electron chi connectivity index (χ2n) is 7.28. The summed E-state index contributed by atoms with van der Waals surface area (Å²) < 4.78 is 25.3. The first kappa shape index (κ1) is 19.2. The molecule has 0 saturated carbocycles. The smallest absolute Gasteiger partial charge is 0.251 e. The summed E-state index contributed by atoms with van der Waals surface area (Å²) in [5.74, 6) is 0.0951. The summed E-state index contributed by atoms with van der Waals surface area (Å²) in [6.07, 6.45) is 5.46. The fourth-order valence-corrected chi connectivity index (χ4v) is 5.35. The first-order valence-corrected chi connectivity index (χ1v) is 11.2. The van der Waals surface area contributed by atoms with E-state index in [2.05, 4.69) is 17.1 Å². The largest absolute Gasteiger partial charge is 0.352 e. The molecule has 7 heteroatoms. The quantitative estimate of drug-likeness (QED) is 0.770. The van der Waals surface area contributed by atoms with Gasteiger partial charge in [-0.15, -0.1) is 0 Å². The van der Waals surface area contributed by atoms with Crippen molar-refractivity contribution in [3.05, 3.63) is 29.8 Å². The zero-order valence-electron chi connectivity index (χ0n) is 15.5. The monoisotopic (exact) mass is 379 g/mol. The van der Waals surface area contributed by atoms with E-state index in [1.807, 2.05) is 0 Å². The molecule has 0 bridgehead atoms. The summed E-state index contributed by atoms with van der Waals surface area (Å²) in [5.41, 5.74) is 1.20. The standard InChI is InChI=1S/C19H29N3O3S/c1-16-6-2-3-12-21(16)13-4-11-20-19(23)17-7-9-18(10-8-17)22-14-5-15-26(22,24)25/h7-10,16H,2-6,11-15H2,1H3,(H,20,23). The SMILES string of the molecule is CC1CCCCN1CCCNC(=O)c1ccc(N2CCCS2(=O)=O)cc1. The molecule has 26 heavy (non-hydrogen) atoms. The van der Waals surface area contributed by atoms with Gasteiger partial charge in [-0.3, -0.25) is 9.10 Å². The third-order valence-corrected chi connectivity index (χ3v) is 7.23. The second-order valence-corrected chi connectivity index (χ2v) is 9.29. The molecule has 2 fully saturated rings. The molecule has 3 rings (SSSR count). The molecule has 2 aliphatic rings. The molecule has 2 heterocycles. The van der Waals surface area contributed by atoms with Crippen molar-refractivity contribution in [2.45, 2.75) is 45.1 Å². The highest BCUT2D eigenvalue weighted by atomic mass is 32.2. The van der Waals surface area contributed by atoms with Gasteiger partial charge < -0.3 is 10.2 Å². The van der Waals surface area contributed by atoms with Gasteiger partial charge >= 0.3 is 0 Å². The molecule has 1 amide bonds. The number of piperidine rings is 1. The highest BCUT2D eigenvalue weighted by Gasteiger charge is 2.28. The van der Waals surface area contributed by atoms with Crippen LogP contribution < -0.4 is 9.62 Å². The molecule has 1 unspecified atom stereocenters. The number of carbonyl (C=O) groups excluding carboxylic acids is 1. The number of rotatable bonds is 6. The number of nitrogens with one attached hydrogen (secondary N) is 1. The van der Waals surface area contributed by atoms with Crippen molar-refractivity contribution in [1.82, 2.24) is 10.2 Å². The molecule has 1 N–H and O–H groups in total. The second kappa shape index (κ2) is 8.39. The van der Waals surface area contributed by atoms with Gasteiger partial charge in [-0.2, -0.15) is 0 Å². The molecule has 2 aliphatic heterocycles. The van der Waals surface area contributed by atoms with Crippen LogP contribution >= 0.6 is 0 Å². The van der Waals surface area contributed by atoms with Crippen molar-refractivity contribution in [2.75, 3.05) is 36.2 Å². The van der Waals surface area contributed by atoms with Crippen LogP contribution in [-0.4, -0.2) is 57.2 Å². The lowest BCUT2D eigenvalue weighted by atomic mass is 10.0. The Bertz CT molecular complexity index is 718. The Morgan fingerprint density at radius 1 is 1.15 bits per heavy atom. The number of anilines is 1. The molecule has 144 valence electrons. The lowest BCUT2D eigenvalue weighted by Gasteiger charge is -2.33. The molecule has 2 saturated heterocycles. The number of hydrogen-bond donors (Lipinski definition) is 1. The summed E-state index contributed by atoms with van der Waals surface area (Å²) in [6.45, 7) is 5.64. The van der Waals surface area contributed by atoms with Gasteiger partial charge in [0.2, 0.25) is 10.0 Å². The van der Waals surface area contributed by atoms with E-state index in [0.717, 1.165) is 19.5 Å². The number of amides is 1. The number of benzene rings is 1. The van der Waals surface area contributed by atoms with E-state index >= 15 is 0 Å². The fraction of sp³-hybridized carbons (Fsp3) is 0.632. The number of nitrogens with zero attached hydrogens (tertiary/aromatic N) is 2. The first-order valence-electron chi connectivity index (χ1n) is 9.60. The maximum absolute atomic E-state index is 12.3. The van der Waals surface area contributed by atoms with Gasteiger partial charge in [0, 0.05) is 31.2 Å². The fourth-order valence-electron chi connectivity index (χ4n) is 3.78. The first-order chi connectivity index (χ1) is 12.5. The third kappa shape index (κ3) is 4.57. The zero-order valence-corrected chi connectivity index (χ0v) is 16.3. The predicted molar refractivity (Wildman–Crippen MR) is 104 cm³/mol. The van der Waals surface area contributed by atoms with Crippen molar-refractivity contribution in [2.24, 2.45) is 0 Å². The molecule has 0 spiro atoms. The Labute approximate surface area is 156 Å². The number of hydrogen-bond acceptors (Lipinski definition) is 4. The summed E-state index contributed by atoms with van der Waals surface area (Å²) in [6, 6.07) is 7.48. The van der Waals surface area contributed by atoms with Gasteiger partial charge in [0.15, 0.2) is 0 Å². The van der Waals surface area contributed by atoms with Gasteiger partial charge in [0.1, 0.15) is 0 Å². The van der Waals surface area contributed by atoms with E-state index in [4.69, 9.17) is 0 Å². The Morgan fingerprint density at radius 3 is 2.58 bits per heavy atom. The summed E-state index contributed by atoms with van der Waals surface area (Å²) >= 11 is 0. The van der Waals surface area contributed by atoms with Gasteiger partial charge in [0.25, 0.3) is 5.91 Å². The Kier molecular flexibility index (Phi) is 6.19. The number of sulfonamides is 1. The number of likely N-dealkylation sites (tertiary alicyclic amines) is 1. The summed E-state index contributed by atoms with van der Waals surface area (Å²) in [5, 5.41) is 2.96. The topological polar surface area (TPSA) is 69.7 Å². The van der Waals surface area contributed by atoms with Crippen LogP contribution in [-0.2, 0) is 10.0 Å². The van der Waals surface area contributed by atoms with E-state index in [-0.39, 0.29) is 11.7 Å². The van der Waals surface area contributed by atoms with Crippen LogP contribution in [0, 0.1) is 0 Å². The molecule has 6 nitrogen and oxygen atoms in total. The van der Waals surface area contributed by atoms with Gasteiger partial charge in [-0.05, 0) is 63.4 Å². The lowest BCUT2D eigenvalue weighted by Crippen LogP contribution is -2.39. The molecule has 1 aromatic rings. The van der Waals surface area contributed by atoms with Crippen LogP contribution in [0.5, 0.6) is 0 Å². The Hall–Kier alpha value is -1.60. The minimum Gasteiger partial charge on any atom is -0.352 e. The average Bonchev–Trinajstić information content (AvgIpc) is 2.99. The molecular formula is C19H29N3O3S. The minimum absolute atomic E-state index is 0.104. The molecule has 1 aromatic carbocycles. The average molecular weight is 380 g/mol. The minimum atomic E-state index is -3.18. The zero-order chi connectivity index (χ0) is 18.6. The molecule has 1 atom stereocenters. The van der Waals surface area contributed by atoms with Crippen LogP contribution in [0.3, 0.4) is 0 Å². The highest BCUT2D eigenvalue weighted by Crippen LogP contribution is 2.24. The maximum Gasteiger partial charge on any atom is 0.251 e. The van der Waals surface area contributed by atoms with Crippen molar-refractivity contribution in [1.29, 1.82) is 0 Å². The van der Waals surface area contributed by atoms with Gasteiger partial charge in [-0.1, -0.05) is 6.42 Å². The summed E-state index contributed by atoms with van der Waals surface area (Å²) in [7, 11) is -3.18. The van der Waals surface area contributed by atoms with Crippen LogP contribution in [0.2, 0.25) is 0 Å². The molecular weight excluding hydrogens is 350 g/mol.